The van der Waals surface area contributed by atoms with E-state index in [1.165, 1.54) is 11.1 Å². The van der Waals surface area contributed by atoms with Crippen LogP contribution in [0.3, 0.4) is 0 Å². The van der Waals surface area contributed by atoms with Gasteiger partial charge in [0.05, 0.1) is 0 Å². The number of anilines is 3. The topological polar surface area (TPSA) is 78.9 Å². The fourth-order valence-electron chi connectivity index (χ4n) is 2.00. The van der Waals surface area contributed by atoms with E-state index in [-0.39, 0.29) is 6.03 Å². The third kappa shape index (κ3) is 3.72. The molecule has 0 unspecified atom stereocenters. The van der Waals surface area contributed by atoms with Crippen molar-refractivity contribution in [2.45, 2.75) is 32.7 Å². The van der Waals surface area contributed by atoms with Gasteiger partial charge in [0.25, 0.3) is 0 Å². The van der Waals surface area contributed by atoms with Crippen LogP contribution in [-0.2, 0) is 0 Å². The molecule has 0 atom stereocenters. The predicted molar refractivity (Wildman–Crippen MR) is 86.4 cm³/mol. The van der Waals surface area contributed by atoms with Crippen LogP contribution >= 0.6 is 0 Å². The molecule has 1 saturated carbocycles. The maximum Gasteiger partial charge on any atom is 0.320 e. The first-order valence-corrected chi connectivity index (χ1v) is 7.36. The van der Waals surface area contributed by atoms with Crippen LogP contribution in [0, 0.1) is 13.8 Å². The van der Waals surface area contributed by atoms with E-state index in [1.54, 1.807) is 12.1 Å². The van der Waals surface area contributed by atoms with Crippen molar-refractivity contribution in [3.63, 3.8) is 0 Å². The summed E-state index contributed by atoms with van der Waals surface area (Å²) in [5.74, 6) is 1.07. The number of hydrogen-bond donors (Lipinski definition) is 3. The maximum absolute atomic E-state index is 11.6. The molecule has 1 aliphatic carbocycles. The van der Waals surface area contributed by atoms with Gasteiger partial charge in [-0.05, 0) is 62.1 Å². The minimum Gasteiger partial charge on any atom is -0.339 e. The highest BCUT2D eigenvalue weighted by Gasteiger charge is 2.23. The van der Waals surface area contributed by atoms with E-state index < -0.39 is 0 Å². The summed E-state index contributed by atoms with van der Waals surface area (Å²) in [5, 5.41) is 16.8. The lowest BCUT2D eigenvalue weighted by atomic mass is 10.1. The van der Waals surface area contributed by atoms with Crippen LogP contribution in [0.5, 0.6) is 0 Å². The molecule has 0 spiro atoms. The monoisotopic (exact) mass is 297 g/mol. The van der Waals surface area contributed by atoms with Crippen molar-refractivity contribution in [3.8, 4) is 0 Å². The summed E-state index contributed by atoms with van der Waals surface area (Å²) in [6.45, 7) is 4.14. The van der Waals surface area contributed by atoms with Gasteiger partial charge in [0.15, 0.2) is 11.6 Å². The largest absolute Gasteiger partial charge is 0.339 e. The number of amides is 2. The number of benzene rings is 1. The molecule has 1 fully saturated rings. The number of carbonyl (C=O) groups is 1. The molecule has 0 saturated heterocycles. The molecule has 0 radical (unpaired) electrons. The normalized spacial score (nSPS) is 13.5. The number of hydrogen-bond acceptors (Lipinski definition) is 4. The Kier molecular flexibility index (Phi) is 3.91. The Morgan fingerprint density at radius 2 is 1.77 bits per heavy atom. The lowest BCUT2D eigenvalue weighted by molar-refractivity contribution is 0.251. The number of nitrogens with zero attached hydrogens (tertiary/aromatic N) is 2. The Bertz CT molecular complexity index is 679. The minimum absolute atomic E-state index is 0.230. The van der Waals surface area contributed by atoms with Crippen LogP contribution in [-0.4, -0.2) is 22.3 Å². The van der Waals surface area contributed by atoms with Gasteiger partial charge in [-0.3, -0.25) is 5.32 Å². The second-order valence-electron chi connectivity index (χ2n) is 5.60. The van der Waals surface area contributed by atoms with Crippen molar-refractivity contribution in [2.24, 2.45) is 0 Å². The van der Waals surface area contributed by atoms with Gasteiger partial charge in [-0.1, -0.05) is 6.07 Å². The Hall–Kier alpha value is -2.63. The number of urea groups is 1. The van der Waals surface area contributed by atoms with E-state index in [1.807, 2.05) is 6.07 Å². The van der Waals surface area contributed by atoms with Crippen LogP contribution < -0.4 is 16.0 Å². The highest BCUT2D eigenvalue weighted by Crippen LogP contribution is 2.19. The molecule has 1 aromatic heterocycles. The summed E-state index contributed by atoms with van der Waals surface area (Å²) >= 11 is 0. The number of carbonyl (C=O) groups excluding carboxylic acids is 1. The van der Waals surface area contributed by atoms with Crippen molar-refractivity contribution in [3.05, 3.63) is 41.5 Å². The van der Waals surface area contributed by atoms with Crippen LogP contribution in [0.4, 0.5) is 22.1 Å². The summed E-state index contributed by atoms with van der Waals surface area (Å²) in [5.41, 5.74) is 3.43. The van der Waals surface area contributed by atoms with Gasteiger partial charge >= 0.3 is 6.03 Å². The first-order valence-electron chi connectivity index (χ1n) is 7.36. The van der Waals surface area contributed by atoms with E-state index in [2.05, 4.69) is 52.1 Å². The van der Waals surface area contributed by atoms with Gasteiger partial charge < -0.3 is 10.6 Å². The average molecular weight is 297 g/mol. The molecule has 3 rings (SSSR count). The van der Waals surface area contributed by atoms with Gasteiger partial charge in [-0.25, -0.2) is 4.79 Å². The predicted octanol–water partition coefficient (Wildman–Crippen LogP) is 3.12. The highest BCUT2D eigenvalue weighted by molar-refractivity contribution is 5.88. The Morgan fingerprint density at radius 3 is 2.41 bits per heavy atom. The lowest BCUT2D eigenvalue weighted by Crippen LogP contribution is -2.30. The molecule has 0 bridgehead atoms. The molecule has 3 N–H and O–H groups in total. The summed E-state index contributed by atoms with van der Waals surface area (Å²) in [4.78, 5) is 11.6. The molecular weight excluding hydrogens is 278 g/mol. The molecule has 2 aromatic rings. The number of aryl methyl sites for hydroxylation is 2. The van der Waals surface area contributed by atoms with Gasteiger partial charge in [-0.2, -0.15) is 0 Å². The third-order valence-corrected chi connectivity index (χ3v) is 3.60. The minimum atomic E-state index is -0.230. The third-order valence-electron chi connectivity index (χ3n) is 3.60. The average Bonchev–Trinajstić information content (AvgIpc) is 3.29. The summed E-state index contributed by atoms with van der Waals surface area (Å²) in [6, 6.07) is 9.72. The van der Waals surface area contributed by atoms with E-state index in [9.17, 15) is 4.79 Å². The molecule has 2 amide bonds. The number of nitrogens with one attached hydrogen (secondary N) is 3. The molecule has 1 heterocycles. The lowest BCUT2D eigenvalue weighted by Gasteiger charge is -2.09. The molecular formula is C16H19N5O. The smallest absolute Gasteiger partial charge is 0.320 e. The second kappa shape index (κ2) is 6.01. The number of aromatic nitrogens is 2. The Labute approximate surface area is 129 Å². The highest BCUT2D eigenvalue weighted by atomic mass is 16.2. The molecule has 22 heavy (non-hydrogen) atoms. The summed E-state index contributed by atoms with van der Waals surface area (Å²) in [6.07, 6.45) is 2.11. The van der Waals surface area contributed by atoms with Crippen LogP contribution in [0.15, 0.2) is 30.3 Å². The van der Waals surface area contributed by atoms with Crippen LogP contribution in [0.1, 0.15) is 24.0 Å². The van der Waals surface area contributed by atoms with Gasteiger partial charge in [0.1, 0.15) is 0 Å². The van der Waals surface area contributed by atoms with Gasteiger partial charge in [0, 0.05) is 11.7 Å². The first kappa shape index (κ1) is 14.3. The van der Waals surface area contributed by atoms with Crippen LogP contribution in [0.2, 0.25) is 0 Å². The summed E-state index contributed by atoms with van der Waals surface area (Å²) in [7, 11) is 0. The van der Waals surface area contributed by atoms with E-state index in [0.717, 1.165) is 18.5 Å². The van der Waals surface area contributed by atoms with Gasteiger partial charge in [0.2, 0.25) is 0 Å². The fourth-order valence-corrected chi connectivity index (χ4v) is 2.00. The van der Waals surface area contributed by atoms with E-state index in [4.69, 9.17) is 0 Å². The molecule has 1 aliphatic rings. The Morgan fingerprint density at radius 1 is 1.05 bits per heavy atom. The van der Waals surface area contributed by atoms with Crippen molar-refractivity contribution >= 4 is 23.4 Å². The molecule has 114 valence electrons. The molecule has 1 aromatic carbocycles. The quantitative estimate of drug-likeness (QED) is 0.810. The zero-order valence-corrected chi connectivity index (χ0v) is 12.7. The van der Waals surface area contributed by atoms with Crippen molar-refractivity contribution in [1.29, 1.82) is 0 Å². The fraction of sp³-hybridized carbons (Fsp3) is 0.312. The Balaban J connectivity index is 1.60. The van der Waals surface area contributed by atoms with Crippen molar-refractivity contribution < 1.29 is 4.79 Å². The SMILES string of the molecule is Cc1ccc(Nc2ccc(NC(=O)NC3CC3)nn2)cc1C. The molecule has 0 aliphatic heterocycles. The first-order chi connectivity index (χ1) is 10.6. The standard InChI is InChI=1S/C16H19N5O/c1-10-3-4-13(9-11(10)2)17-14-7-8-15(21-20-14)19-16(22)18-12-5-6-12/h3-4,7-9,12H,5-6H2,1-2H3,(H,17,20)(H2,18,19,21,22). The maximum atomic E-state index is 11.6. The van der Waals surface area contributed by atoms with Crippen molar-refractivity contribution in [2.75, 3.05) is 10.6 Å². The zero-order valence-electron chi connectivity index (χ0n) is 12.7. The number of rotatable bonds is 4. The molecule has 6 heteroatoms. The van der Waals surface area contributed by atoms with E-state index >= 15 is 0 Å². The molecule has 6 nitrogen and oxygen atoms in total. The second-order valence-corrected chi connectivity index (χ2v) is 5.60. The van der Waals surface area contributed by atoms with Gasteiger partial charge in [-0.15, -0.1) is 10.2 Å². The zero-order chi connectivity index (χ0) is 15.5. The van der Waals surface area contributed by atoms with Crippen molar-refractivity contribution in [1.82, 2.24) is 15.5 Å². The van der Waals surface area contributed by atoms with E-state index in [0.29, 0.717) is 17.7 Å². The van der Waals surface area contributed by atoms with Crippen LogP contribution in [0.25, 0.3) is 0 Å². The summed E-state index contributed by atoms with van der Waals surface area (Å²) < 4.78 is 0.